The summed E-state index contributed by atoms with van der Waals surface area (Å²) in [5, 5.41) is 13.1. The van der Waals surface area contributed by atoms with Crippen molar-refractivity contribution < 1.29 is 9.90 Å². The highest BCUT2D eigenvalue weighted by Gasteiger charge is 2.45. The summed E-state index contributed by atoms with van der Waals surface area (Å²) >= 11 is 0. The number of rotatable bonds is 1. The molecule has 4 unspecified atom stereocenters. The van der Waals surface area contributed by atoms with Gasteiger partial charge in [0.05, 0.1) is 12.1 Å². The van der Waals surface area contributed by atoms with Gasteiger partial charge in [0.25, 0.3) is 0 Å². The molecule has 17 heavy (non-hydrogen) atoms. The number of hydrogen-bond donors (Lipinski definition) is 2. The largest absolute Gasteiger partial charge is 0.393 e. The number of aliphatic hydroxyl groups is 1. The molecule has 2 bridgehead atoms. The second-order valence-corrected chi connectivity index (χ2v) is 5.95. The van der Waals surface area contributed by atoms with E-state index < -0.39 is 0 Å². The van der Waals surface area contributed by atoms with E-state index in [0.717, 1.165) is 38.6 Å². The molecule has 4 heteroatoms. The molecule has 0 aliphatic carbocycles. The van der Waals surface area contributed by atoms with E-state index in [9.17, 15) is 9.90 Å². The summed E-state index contributed by atoms with van der Waals surface area (Å²) in [7, 11) is 0. The fourth-order valence-corrected chi connectivity index (χ4v) is 3.83. The lowest BCUT2D eigenvalue weighted by molar-refractivity contribution is -0.140. The standard InChI is InChI=1S/C13H22N2O2/c1-8-4-5-14-12(8)13(17)15-9-2-3-10(15)7-11(16)6-9/h8-12,14,16H,2-7H2,1H3. The molecule has 3 heterocycles. The summed E-state index contributed by atoms with van der Waals surface area (Å²) in [6, 6.07) is 0.616. The molecule has 0 aromatic carbocycles. The zero-order chi connectivity index (χ0) is 12.0. The molecule has 3 rings (SSSR count). The van der Waals surface area contributed by atoms with Gasteiger partial charge < -0.3 is 15.3 Å². The molecule has 3 aliphatic rings. The zero-order valence-electron chi connectivity index (χ0n) is 10.4. The van der Waals surface area contributed by atoms with E-state index in [1.54, 1.807) is 0 Å². The molecular formula is C13H22N2O2. The van der Waals surface area contributed by atoms with Gasteiger partial charge in [0, 0.05) is 12.1 Å². The van der Waals surface area contributed by atoms with Crippen LogP contribution in [-0.4, -0.2) is 46.7 Å². The number of hydrogen-bond acceptors (Lipinski definition) is 3. The number of nitrogens with zero attached hydrogens (tertiary/aromatic N) is 1. The first-order chi connectivity index (χ1) is 8.16. The third-order valence-corrected chi connectivity index (χ3v) is 4.76. The van der Waals surface area contributed by atoms with Crippen LogP contribution in [0, 0.1) is 5.92 Å². The van der Waals surface area contributed by atoms with Crippen molar-refractivity contribution in [1.82, 2.24) is 10.2 Å². The van der Waals surface area contributed by atoms with Crippen LogP contribution in [0.25, 0.3) is 0 Å². The summed E-state index contributed by atoms with van der Waals surface area (Å²) in [5.74, 6) is 0.739. The van der Waals surface area contributed by atoms with Crippen molar-refractivity contribution in [3.05, 3.63) is 0 Å². The topological polar surface area (TPSA) is 52.6 Å². The molecule has 3 saturated heterocycles. The van der Waals surface area contributed by atoms with E-state index in [1.807, 2.05) is 0 Å². The first kappa shape index (κ1) is 11.5. The van der Waals surface area contributed by atoms with Crippen molar-refractivity contribution >= 4 is 5.91 Å². The first-order valence-electron chi connectivity index (χ1n) is 6.90. The lowest BCUT2D eigenvalue weighted by Crippen LogP contribution is -2.54. The Hall–Kier alpha value is -0.610. The van der Waals surface area contributed by atoms with E-state index in [-0.39, 0.29) is 18.1 Å². The Kier molecular flexibility index (Phi) is 2.87. The van der Waals surface area contributed by atoms with Gasteiger partial charge in [0.2, 0.25) is 5.91 Å². The number of carbonyl (C=O) groups excluding carboxylic acids is 1. The van der Waals surface area contributed by atoms with Crippen LogP contribution >= 0.6 is 0 Å². The van der Waals surface area contributed by atoms with Crippen LogP contribution < -0.4 is 5.32 Å². The monoisotopic (exact) mass is 238 g/mol. The second kappa shape index (κ2) is 4.25. The Morgan fingerprint density at radius 3 is 2.41 bits per heavy atom. The van der Waals surface area contributed by atoms with Gasteiger partial charge in [0.1, 0.15) is 0 Å². The third kappa shape index (κ3) is 1.87. The Balaban J connectivity index is 1.74. The number of fused-ring (bicyclic) bond motifs is 2. The molecule has 0 radical (unpaired) electrons. The molecule has 3 fully saturated rings. The van der Waals surface area contributed by atoms with Gasteiger partial charge in [-0.25, -0.2) is 0 Å². The number of aliphatic hydroxyl groups excluding tert-OH is 1. The Morgan fingerprint density at radius 1 is 1.24 bits per heavy atom. The predicted molar refractivity (Wildman–Crippen MR) is 64.5 cm³/mol. The molecule has 1 amide bonds. The van der Waals surface area contributed by atoms with Gasteiger partial charge in [0.15, 0.2) is 0 Å². The minimum absolute atomic E-state index is 0.0216. The lowest BCUT2D eigenvalue weighted by Gasteiger charge is -2.39. The van der Waals surface area contributed by atoms with Crippen molar-refractivity contribution in [2.45, 2.75) is 63.3 Å². The summed E-state index contributed by atoms with van der Waals surface area (Å²) < 4.78 is 0. The van der Waals surface area contributed by atoms with Crippen LogP contribution in [0.3, 0.4) is 0 Å². The molecule has 2 N–H and O–H groups in total. The number of piperidine rings is 1. The zero-order valence-corrected chi connectivity index (χ0v) is 10.4. The van der Waals surface area contributed by atoms with E-state index >= 15 is 0 Å². The van der Waals surface area contributed by atoms with E-state index in [2.05, 4.69) is 17.1 Å². The average Bonchev–Trinajstić information content (AvgIpc) is 2.81. The minimum atomic E-state index is -0.189. The van der Waals surface area contributed by atoms with Gasteiger partial charge in [-0.2, -0.15) is 0 Å². The molecule has 0 spiro atoms. The maximum Gasteiger partial charge on any atom is 0.240 e. The van der Waals surface area contributed by atoms with Gasteiger partial charge in [-0.3, -0.25) is 4.79 Å². The highest BCUT2D eigenvalue weighted by atomic mass is 16.3. The molecule has 96 valence electrons. The Morgan fingerprint density at radius 2 is 1.88 bits per heavy atom. The van der Waals surface area contributed by atoms with Crippen molar-refractivity contribution in [3.63, 3.8) is 0 Å². The molecule has 0 aromatic heterocycles. The van der Waals surface area contributed by atoms with Gasteiger partial charge in [-0.05, 0) is 44.6 Å². The van der Waals surface area contributed by atoms with E-state index in [1.165, 1.54) is 0 Å². The van der Waals surface area contributed by atoms with Crippen LogP contribution in [-0.2, 0) is 4.79 Å². The van der Waals surface area contributed by atoms with Crippen molar-refractivity contribution in [1.29, 1.82) is 0 Å². The maximum absolute atomic E-state index is 12.6. The molecule has 0 aromatic rings. The highest BCUT2D eigenvalue weighted by molar-refractivity contribution is 5.83. The van der Waals surface area contributed by atoms with Gasteiger partial charge >= 0.3 is 0 Å². The quantitative estimate of drug-likeness (QED) is 0.699. The van der Waals surface area contributed by atoms with Crippen molar-refractivity contribution in [2.75, 3.05) is 6.54 Å². The van der Waals surface area contributed by atoms with Crippen molar-refractivity contribution in [2.24, 2.45) is 5.92 Å². The summed E-state index contributed by atoms with van der Waals surface area (Å²) in [5.41, 5.74) is 0. The van der Waals surface area contributed by atoms with Crippen molar-refractivity contribution in [3.8, 4) is 0 Å². The number of amides is 1. The van der Waals surface area contributed by atoms with Crippen LogP contribution in [0.5, 0.6) is 0 Å². The number of nitrogens with one attached hydrogen (secondary N) is 1. The fourth-order valence-electron chi connectivity index (χ4n) is 3.83. The van der Waals surface area contributed by atoms with Crippen LogP contribution in [0.15, 0.2) is 0 Å². The first-order valence-corrected chi connectivity index (χ1v) is 6.90. The third-order valence-electron chi connectivity index (χ3n) is 4.76. The molecule has 4 atom stereocenters. The Bertz CT molecular complexity index is 307. The van der Waals surface area contributed by atoms with Gasteiger partial charge in [-0.1, -0.05) is 6.92 Å². The van der Waals surface area contributed by atoms with Crippen LogP contribution in [0.2, 0.25) is 0 Å². The summed E-state index contributed by atoms with van der Waals surface area (Å²) in [6.07, 6.45) is 4.63. The fraction of sp³-hybridized carbons (Fsp3) is 0.923. The van der Waals surface area contributed by atoms with Crippen LogP contribution in [0.4, 0.5) is 0 Å². The number of carbonyl (C=O) groups is 1. The Labute approximate surface area is 102 Å². The van der Waals surface area contributed by atoms with E-state index in [0.29, 0.717) is 18.0 Å². The predicted octanol–water partition coefficient (Wildman–Crippen LogP) is 0.499. The molecular weight excluding hydrogens is 216 g/mol. The van der Waals surface area contributed by atoms with Crippen LogP contribution in [0.1, 0.15) is 39.0 Å². The summed E-state index contributed by atoms with van der Waals surface area (Å²) in [4.78, 5) is 14.6. The molecule has 0 saturated carbocycles. The van der Waals surface area contributed by atoms with Gasteiger partial charge in [-0.15, -0.1) is 0 Å². The lowest BCUT2D eigenvalue weighted by atomic mass is 9.96. The van der Waals surface area contributed by atoms with E-state index in [4.69, 9.17) is 0 Å². The maximum atomic E-state index is 12.6. The minimum Gasteiger partial charge on any atom is -0.393 e. The normalized spacial score (nSPS) is 45.3. The molecule has 4 nitrogen and oxygen atoms in total. The SMILES string of the molecule is CC1CCNC1C(=O)N1C2CCC1CC(O)C2. The highest BCUT2D eigenvalue weighted by Crippen LogP contribution is 2.37. The molecule has 3 aliphatic heterocycles. The smallest absolute Gasteiger partial charge is 0.240 e. The second-order valence-electron chi connectivity index (χ2n) is 5.95. The average molecular weight is 238 g/mol. The summed E-state index contributed by atoms with van der Waals surface area (Å²) in [6.45, 7) is 3.12.